The molecule has 0 bridgehead atoms. The molecule has 7 heteroatoms. The van der Waals surface area contributed by atoms with Crippen LogP contribution in [0.25, 0.3) is 0 Å². The predicted octanol–water partition coefficient (Wildman–Crippen LogP) is 2.68. The van der Waals surface area contributed by atoms with Crippen LogP contribution in [0.5, 0.6) is 0 Å². The number of ether oxygens (including phenoxy) is 1. The zero-order chi connectivity index (χ0) is 10.7. The van der Waals surface area contributed by atoms with Gasteiger partial charge in [-0.2, -0.15) is 13.2 Å². The molecule has 0 spiro atoms. The van der Waals surface area contributed by atoms with Gasteiger partial charge in [0.25, 0.3) is 0 Å². The SMILES string of the molecule is CCCOC(=O)C(Cl)(Cl)C(F)(F)F. The summed E-state index contributed by atoms with van der Waals surface area (Å²) in [6.45, 7) is 1.49. The van der Waals surface area contributed by atoms with E-state index in [1.165, 1.54) is 0 Å². The van der Waals surface area contributed by atoms with Crippen LogP contribution in [0.3, 0.4) is 0 Å². The van der Waals surface area contributed by atoms with Crippen LogP contribution in [0.1, 0.15) is 13.3 Å². The Balaban J connectivity index is 4.37. The van der Waals surface area contributed by atoms with E-state index in [1.54, 1.807) is 6.92 Å². The first-order valence-electron chi connectivity index (χ1n) is 3.35. The van der Waals surface area contributed by atoms with Crippen LogP contribution in [0, 0.1) is 0 Å². The minimum absolute atomic E-state index is 0.143. The number of esters is 1. The van der Waals surface area contributed by atoms with Crippen molar-refractivity contribution in [2.45, 2.75) is 23.9 Å². The largest absolute Gasteiger partial charge is 0.463 e. The maximum Gasteiger partial charge on any atom is 0.432 e. The van der Waals surface area contributed by atoms with Gasteiger partial charge >= 0.3 is 16.5 Å². The number of alkyl halides is 5. The highest BCUT2D eigenvalue weighted by atomic mass is 35.5. The molecule has 0 saturated carbocycles. The van der Waals surface area contributed by atoms with Gasteiger partial charge in [0.1, 0.15) is 0 Å². The molecule has 13 heavy (non-hydrogen) atoms. The van der Waals surface area contributed by atoms with Gasteiger partial charge in [0.2, 0.25) is 0 Å². The van der Waals surface area contributed by atoms with Gasteiger partial charge in [-0.1, -0.05) is 30.1 Å². The first-order chi connectivity index (χ1) is 5.73. The number of halogens is 5. The van der Waals surface area contributed by atoms with Crippen LogP contribution in [-0.4, -0.2) is 23.1 Å². The molecule has 0 rings (SSSR count). The smallest absolute Gasteiger partial charge is 0.432 e. The molecule has 0 aromatic rings. The van der Waals surface area contributed by atoms with Crippen LogP contribution in [0.4, 0.5) is 13.2 Å². The molecule has 0 aromatic heterocycles. The molecule has 0 amide bonds. The lowest BCUT2D eigenvalue weighted by atomic mass is 10.4. The average Bonchev–Trinajstić information content (AvgIpc) is 1.97. The Kier molecular flexibility index (Phi) is 4.32. The van der Waals surface area contributed by atoms with E-state index in [0.29, 0.717) is 6.42 Å². The quantitative estimate of drug-likeness (QED) is 0.559. The second kappa shape index (κ2) is 4.37. The van der Waals surface area contributed by atoms with Crippen molar-refractivity contribution in [1.29, 1.82) is 0 Å². The molecule has 0 saturated heterocycles. The highest BCUT2D eigenvalue weighted by molar-refractivity contribution is 6.58. The van der Waals surface area contributed by atoms with Gasteiger partial charge in [0.05, 0.1) is 6.61 Å². The van der Waals surface area contributed by atoms with Crippen LogP contribution in [-0.2, 0) is 9.53 Å². The Morgan fingerprint density at radius 1 is 1.38 bits per heavy atom. The molecule has 0 aliphatic carbocycles. The lowest BCUT2D eigenvalue weighted by molar-refractivity contribution is -0.175. The molecule has 0 heterocycles. The van der Waals surface area contributed by atoms with E-state index in [0.717, 1.165) is 0 Å². The Morgan fingerprint density at radius 3 is 2.15 bits per heavy atom. The van der Waals surface area contributed by atoms with Crippen LogP contribution >= 0.6 is 23.2 Å². The van der Waals surface area contributed by atoms with Crippen molar-refractivity contribution >= 4 is 29.2 Å². The third-order valence-electron chi connectivity index (χ3n) is 1.05. The van der Waals surface area contributed by atoms with E-state index in [4.69, 9.17) is 23.2 Å². The fourth-order valence-corrected chi connectivity index (χ4v) is 0.510. The van der Waals surface area contributed by atoms with E-state index in [1.807, 2.05) is 0 Å². The van der Waals surface area contributed by atoms with Gasteiger partial charge in [-0.05, 0) is 6.42 Å². The molecule has 0 N–H and O–H groups in total. The standard InChI is InChI=1S/C6H7Cl2F3O2/c1-2-3-13-4(12)5(7,8)6(9,10)11/h2-3H2,1H3. The molecule has 0 unspecified atom stereocenters. The number of hydrogen-bond acceptors (Lipinski definition) is 2. The van der Waals surface area contributed by atoms with Gasteiger partial charge < -0.3 is 4.74 Å². The number of hydrogen-bond donors (Lipinski definition) is 0. The van der Waals surface area contributed by atoms with Crippen LogP contribution in [0.15, 0.2) is 0 Å². The Morgan fingerprint density at radius 2 is 1.85 bits per heavy atom. The van der Waals surface area contributed by atoms with Crippen molar-refractivity contribution < 1.29 is 22.7 Å². The van der Waals surface area contributed by atoms with Crippen molar-refractivity contribution in [3.63, 3.8) is 0 Å². The molecule has 0 aliphatic heterocycles. The maximum absolute atomic E-state index is 11.9. The zero-order valence-electron chi connectivity index (χ0n) is 6.62. The molecule has 0 aliphatic rings. The van der Waals surface area contributed by atoms with Crippen molar-refractivity contribution in [3.8, 4) is 0 Å². The summed E-state index contributed by atoms with van der Waals surface area (Å²) in [4.78, 5) is 10.7. The first-order valence-corrected chi connectivity index (χ1v) is 4.10. The summed E-state index contributed by atoms with van der Waals surface area (Å²) < 4.78 is 36.5. The summed E-state index contributed by atoms with van der Waals surface area (Å²) in [5, 5.41) is 0. The molecule has 0 atom stereocenters. The predicted molar refractivity (Wildman–Crippen MR) is 41.7 cm³/mol. The third-order valence-corrected chi connectivity index (χ3v) is 1.79. The lowest BCUT2D eigenvalue weighted by Crippen LogP contribution is -2.43. The lowest BCUT2D eigenvalue weighted by Gasteiger charge is -2.20. The second-order valence-electron chi connectivity index (χ2n) is 2.21. The topological polar surface area (TPSA) is 26.3 Å². The summed E-state index contributed by atoms with van der Waals surface area (Å²) in [7, 11) is 0. The minimum atomic E-state index is -5.03. The van der Waals surface area contributed by atoms with Gasteiger partial charge in [-0.25, -0.2) is 4.79 Å². The van der Waals surface area contributed by atoms with Crippen LogP contribution in [0.2, 0.25) is 0 Å². The highest BCUT2D eigenvalue weighted by Gasteiger charge is 2.60. The van der Waals surface area contributed by atoms with Crippen molar-refractivity contribution in [3.05, 3.63) is 0 Å². The van der Waals surface area contributed by atoms with Gasteiger partial charge in [-0.15, -0.1) is 0 Å². The molecule has 0 fully saturated rings. The minimum Gasteiger partial charge on any atom is -0.463 e. The summed E-state index contributed by atoms with van der Waals surface area (Å²) in [6.07, 6.45) is -4.63. The molecule has 78 valence electrons. The Bertz CT molecular complexity index is 191. The molecule has 0 aromatic carbocycles. The normalized spacial score (nSPS) is 12.8. The van der Waals surface area contributed by atoms with E-state index in [2.05, 4.69) is 4.74 Å². The fraction of sp³-hybridized carbons (Fsp3) is 0.833. The molecule has 0 radical (unpaired) electrons. The summed E-state index contributed by atoms with van der Waals surface area (Å²) in [6, 6.07) is 0. The monoisotopic (exact) mass is 238 g/mol. The number of carbonyl (C=O) groups is 1. The summed E-state index contributed by atoms with van der Waals surface area (Å²) in [5.74, 6) is -1.69. The van der Waals surface area contributed by atoms with E-state index in [9.17, 15) is 18.0 Å². The van der Waals surface area contributed by atoms with E-state index >= 15 is 0 Å². The van der Waals surface area contributed by atoms with Gasteiger partial charge in [0.15, 0.2) is 0 Å². The third kappa shape index (κ3) is 3.23. The fourth-order valence-electron chi connectivity index (χ4n) is 0.401. The summed E-state index contributed by atoms with van der Waals surface area (Å²) in [5.41, 5.74) is 0. The first kappa shape index (κ1) is 12.8. The van der Waals surface area contributed by atoms with Crippen molar-refractivity contribution in [2.24, 2.45) is 0 Å². The van der Waals surface area contributed by atoms with E-state index in [-0.39, 0.29) is 6.61 Å². The molecular weight excluding hydrogens is 232 g/mol. The van der Waals surface area contributed by atoms with E-state index < -0.39 is 16.5 Å². The molecule has 2 nitrogen and oxygen atoms in total. The van der Waals surface area contributed by atoms with Crippen LogP contribution < -0.4 is 0 Å². The Hall–Kier alpha value is -0.160. The van der Waals surface area contributed by atoms with Crippen molar-refractivity contribution in [2.75, 3.05) is 6.61 Å². The maximum atomic E-state index is 11.9. The second-order valence-corrected chi connectivity index (χ2v) is 3.54. The highest BCUT2D eigenvalue weighted by Crippen LogP contribution is 2.40. The zero-order valence-corrected chi connectivity index (χ0v) is 8.13. The summed E-state index contributed by atoms with van der Waals surface area (Å²) >= 11 is 9.53. The Labute approximate surface area is 82.9 Å². The average molecular weight is 239 g/mol. The van der Waals surface area contributed by atoms with Gasteiger partial charge in [0, 0.05) is 0 Å². The number of carbonyl (C=O) groups excluding carboxylic acids is 1. The number of rotatable bonds is 3. The molecular formula is C6H7Cl2F3O2. The van der Waals surface area contributed by atoms with Gasteiger partial charge in [-0.3, -0.25) is 0 Å². The van der Waals surface area contributed by atoms with Crippen molar-refractivity contribution in [1.82, 2.24) is 0 Å².